The molecular formula is C36H45ClN2O8. The third kappa shape index (κ3) is 9.81. The number of hydrogen-bond acceptors (Lipinski definition) is 8. The fourth-order valence-electron chi connectivity index (χ4n) is 5.46. The van der Waals surface area contributed by atoms with Crippen LogP contribution in [0.25, 0.3) is 0 Å². The van der Waals surface area contributed by atoms with Crippen LogP contribution in [0.15, 0.2) is 60.7 Å². The van der Waals surface area contributed by atoms with E-state index >= 15 is 0 Å². The minimum Gasteiger partial charge on any atom is -0.495 e. The van der Waals surface area contributed by atoms with Gasteiger partial charge in [0, 0.05) is 25.3 Å². The van der Waals surface area contributed by atoms with Gasteiger partial charge < -0.3 is 29.6 Å². The Kier molecular flexibility index (Phi) is 12.1. The van der Waals surface area contributed by atoms with Crippen molar-refractivity contribution in [1.82, 2.24) is 10.6 Å². The van der Waals surface area contributed by atoms with Crippen LogP contribution in [0.3, 0.4) is 0 Å². The molecule has 1 unspecified atom stereocenters. The maximum atomic E-state index is 13.6. The zero-order chi connectivity index (χ0) is 34.3. The molecule has 2 aromatic carbocycles. The Bertz CT molecular complexity index is 1460. The maximum Gasteiger partial charge on any atom is 0.347 e. The Labute approximate surface area is 281 Å². The number of methoxy groups -OCH3 is 1. The van der Waals surface area contributed by atoms with Gasteiger partial charge in [-0.1, -0.05) is 74.8 Å². The van der Waals surface area contributed by atoms with E-state index in [0.717, 1.165) is 5.56 Å². The summed E-state index contributed by atoms with van der Waals surface area (Å²) in [6.45, 7) is 8.92. The molecule has 2 aliphatic rings. The highest BCUT2D eigenvalue weighted by atomic mass is 35.5. The van der Waals surface area contributed by atoms with Crippen LogP contribution in [0.1, 0.15) is 64.7 Å². The number of esters is 2. The molecule has 2 amide bonds. The number of benzene rings is 2. The molecule has 6 atom stereocenters. The van der Waals surface area contributed by atoms with Crippen LogP contribution in [0.4, 0.5) is 0 Å². The maximum absolute atomic E-state index is 13.6. The van der Waals surface area contributed by atoms with Crippen LogP contribution in [-0.2, 0) is 39.8 Å². The van der Waals surface area contributed by atoms with Gasteiger partial charge in [-0.15, -0.1) is 0 Å². The number of cyclic esters (lactones) is 2. The average Bonchev–Trinajstić information content (AvgIpc) is 3.83. The number of ether oxygens (including phenoxy) is 4. The molecule has 0 aromatic heterocycles. The lowest BCUT2D eigenvalue weighted by molar-refractivity contribution is -0.179. The van der Waals surface area contributed by atoms with Gasteiger partial charge in [0.2, 0.25) is 11.8 Å². The van der Waals surface area contributed by atoms with E-state index in [1.165, 1.54) is 13.2 Å². The molecular weight excluding hydrogens is 624 g/mol. The highest BCUT2D eigenvalue weighted by Gasteiger charge is 2.48. The summed E-state index contributed by atoms with van der Waals surface area (Å²) in [5.74, 6) is -2.06. The number of epoxide rings is 1. The quantitative estimate of drug-likeness (QED) is 0.293. The van der Waals surface area contributed by atoms with Crippen molar-refractivity contribution in [3.05, 3.63) is 76.8 Å². The van der Waals surface area contributed by atoms with E-state index in [1.807, 2.05) is 51.1 Å². The number of halogens is 1. The zero-order valence-corrected chi connectivity index (χ0v) is 28.5. The predicted octanol–water partition coefficient (Wildman–Crippen LogP) is 5.12. The van der Waals surface area contributed by atoms with Crippen LogP contribution in [0.5, 0.6) is 5.75 Å². The first-order chi connectivity index (χ1) is 22.3. The van der Waals surface area contributed by atoms with Gasteiger partial charge in [0.15, 0.2) is 6.10 Å². The number of hydrogen-bond donors (Lipinski definition) is 2. The van der Waals surface area contributed by atoms with Gasteiger partial charge in [-0.2, -0.15) is 0 Å². The normalized spacial score (nSPS) is 26.8. The Morgan fingerprint density at radius 1 is 1.02 bits per heavy atom. The zero-order valence-electron chi connectivity index (χ0n) is 27.8. The molecule has 254 valence electrons. The summed E-state index contributed by atoms with van der Waals surface area (Å²) in [6, 6.07) is 13.9. The van der Waals surface area contributed by atoms with Gasteiger partial charge >= 0.3 is 11.9 Å². The van der Waals surface area contributed by atoms with Gasteiger partial charge in [0.1, 0.15) is 24.0 Å². The largest absolute Gasteiger partial charge is 0.495 e. The molecule has 1 saturated heterocycles. The molecule has 2 N–H and O–H groups in total. The SMILES string of the molecule is COc1ccc(CC2NC(=O)/C=C/C[C@@H]([C@H](C)[C@H]3O[C@@H]3c3ccccc3)OC(=O)[C@H](CC(C)C)OC(=O)C(C)(C)CNC2=O)cc1Cl. The van der Waals surface area contributed by atoms with Crippen molar-refractivity contribution < 1.29 is 38.1 Å². The first-order valence-electron chi connectivity index (χ1n) is 16.0. The molecule has 47 heavy (non-hydrogen) atoms. The third-order valence-corrected chi connectivity index (χ3v) is 8.70. The number of amides is 2. The summed E-state index contributed by atoms with van der Waals surface area (Å²) in [5.41, 5.74) is 0.524. The van der Waals surface area contributed by atoms with Gasteiger partial charge in [0.25, 0.3) is 0 Å². The standard InChI is InChI=1S/C36H45ClN2O8/c1-21(2)17-29-34(42)45-27(22(3)31-32(47-31)24-11-8-7-9-12-24)13-10-14-30(40)39-26(19-23-15-16-28(44-6)25(37)18-23)33(41)38-20-36(4,5)35(43)46-29/h7-12,14-16,18,21-22,26-27,29,31-32H,13,17,19-20H2,1-6H3,(H,38,41)(H,39,40)/b14-10+/t22-,26?,27-,29-,31+,32+/m0/s1. The second-order valence-corrected chi connectivity index (χ2v) is 13.7. The van der Waals surface area contributed by atoms with E-state index < -0.39 is 47.4 Å². The molecule has 0 aliphatic carbocycles. The van der Waals surface area contributed by atoms with E-state index in [-0.39, 0.29) is 49.9 Å². The van der Waals surface area contributed by atoms with E-state index in [2.05, 4.69) is 10.6 Å². The van der Waals surface area contributed by atoms with Crippen molar-refractivity contribution in [1.29, 1.82) is 0 Å². The van der Waals surface area contributed by atoms with Gasteiger partial charge in [-0.25, -0.2) is 4.79 Å². The second-order valence-electron chi connectivity index (χ2n) is 13.3. The summed E-state index contributed by atoms with van der Waals surface area (Å²) < 4.78 is 23.1. The molecule has 2 heterocycles. The smallest absolute Gasteiger partial charge is 0.347 e. The monoisotopic (exact) mass is 668 g/mol. The summed E-state index contributed by atoms with van der Waals surface area (Å²) in [7, 11) is 1.51. The number of carbonyl (C=O) groups excluding carboxylic acids is 4. The molecule has 10 nitrogen and oxygen atoms in total. The molecule has 11 heteroatoms. The van der Waals surface area contributed by atoms with Crippen LogP contribution < -0.4 is 15.4 Å². The van der Waals surface area contributed by atoms with Crippen LogP contribution in [0.2, 0.25) is 5.02 Å². The van der Waals surface area contributed by atoms with Crippen LogP contribution in [-0.4, -0.2) is 61.8 Å². The van der Waals surface area contributed by atoms with Crippen molar-refractivity contribution in [2.24, 2.45) is 17.3 Å². The van der Waals surface area contributed by atoms with Gasteiger partial charge in [-0.05, 0) is 55.5 Å². The topological polar surface area (TPSA) is 133 Å². The van der Waals surface area contributed by atoms with Crippen molar-refractivity contribution >= 4 is 35.4 Å². The lowest BCUT2D eigenvalue weighted by Gasteiger charge is -2.29. The summed E-state index contributed by atoms with van der Waals surface area (Å²) in [5, 5.41) is 5.91. The Hall–Kier alpha value is -3.89. The van der Waals surface area contributed by atoms with E-state index in [0.29, 0.717) is 16.3 Å². The third-order valence-electron chi connectivity index (χ3n) is 8.41. The predicted molar refractivity (Wildman–Crippen MR) is 177 cm³/mol. The highest BCUT2D eigenvalue weighted by molar-refractivity contribution is 6.32. The molecule has 0 spiro atoms. The van der Waals surface area contributed by atoms with Crippen LogP contribution >= 0.6 is 11.6 Å². The minimum absolute atomic E-state index is 0.0228. The lowest BCUT2D eigenvalue weighted by atomic mass is 9.92. The molecule has 0 radical (unpaired) electrons. The van der Waals surface area contributed by atoms with Crippen molar-refractivity contribution in [2.45, 2.75) is 84.3 Å². The fraction of sp³-hybridized carbons (Fsp3) is 0.500. The minimum atomic E-state index is -1.20. The first-order valence-corrected chi connectivity index (χ1v) is 16.4. The Morgan fingerprint density at radius 3 is 2.40 bits per heavy atom. The molecule has 2 aromatic rings. The van der Waals surface area contributed by atoms with E-state index in [1.54, 1.807) is 38.1 Å². The molecule has 1 fully saturated rings. The number of rotatable bonds is 8. The van der Waals surface area contributed by atoms with Gasteiger partial charge in [-0.3, -0.25) is 14.4 Å². The molecule has 4 rings (SSSR count). The summed E-state index contributed by atoms with van der Waals surface area (Å²) >= 11 is 6.32. The molecule has 2 aliphatic heterocycles. The fourth-order valence-corrected chi connectivity index (χ4v) is 5.75. The summed E-state index contributed by atoms with van der Waals surface area (Å²) in [4.78, 5) is 53.6. The van der Waals surface area contributed by atoms with Gasteiger partial charge in [0.05, 0.1) is 23.7 Å². The number of carbonyl (C=O) groups is 4. The average molecular weight is 669 g/mol. The molecule has 0 bridgehead atoms. The second kappa shape index (κ2) is 15.8. The first kappa shape index (κ1) is 36.0. The molecule has 0 saturated carbocycles. The van der Waals surface area contributed by atoms with Crippen LogP contribution in [0, 0.1) is 17.3 Å². The van der Waals surface area contributed by atoms with Crippen molar-refractivity contribution in [3.63, 3.8) is 0 Å². The highest BCUT2D eigenvalue weighted by Crippen LogP contribution is 2.45. The van der Waals surface area contributed by atoms with E-state index in [9.17, 15) is 19.2 Å². The Balaban J connectivity index is 1.61. The summed E-state index contributed by atoms with van der Waals surface area (Å²) in [6.07, 6.45) is 1.34. The van der Waals surface area contributed by atoms with Crippen molar-refractivity contribution in [3.8, 4) is 5.75 Å². The number of nitrogens with one attached hydrogen (secondary N) is 2. The van der Waals surface area contributed by atoms with E-state index in [4.69, 9.17) is 30.5 Å². The van der Waals surface area contributed by atoms with Crippen molar-refractivity contribution in [2.75, 3.05) is 13.7 Å². The Morgan fingerprint density at radius 2 is 1.74 bits per heavy atom. The lowest BCUT2D eigenvalue weighted by Crippen LogP contribution is -2.51.